The zero-order chi connectivity index (χ0) is 16.9. The monoisotopic (exact) mass is 328 g/mol. The number of carboxylic acids is 1. The Hall–Kier alpha value is -2.83. The molecule has 1 aromatic heterocycles. The molecule has 0 saturated heterocycles. The van der Waals surface area contributed by atoms with Crippen molar-refractivity contribution in [2.24, 2.45) is 5.92 Å². The molecule has 1 fully saturated rings. The third-order valence-electron chi connectivity index (χ3n) is 4.32. The number of para-hydroxylation sites is 2. The summed E-state index contributed by atoms with van der Waals surface area (Å²) in [7, 11) is 0. The van der Waals surface area contributed by atoms with Crippen molar-refractivity contribution in [1.82, 2.24) is 15.1 Å². The molecule has 126 valence electrons. The standard InChI is InChI=1S/C17H20N4O3/c22-16(23)12-6-8-13(9-7-12)19-17(24)20-14-4-1-2-5-15(14)21-11-3-10-18-21/h1-5,10-13H,6-9H2,(H,22,23)(H2,19,20,24). The molecule has 3 rings (SSSR count). The molecule has 1 aliphatic carbocycles. The van der Waals surface area contributed by atoms with E-state index in [9.17, 15) is 9.59 Å². The van der Waals surface area contributed by atoms with E-state index in [-0.39, 0.29) is 18.0 Å². The molecule has 0 bridgehead atoms. The van der Waals surface area contributed by atoms with E-state index in [0.717, 1.165) is 5.69 Å². The van der Waals surface area contributed by atoms with Crippen molar-refractivity contribution in [3.05, 3.63) is 42.7 Å². The van der Waals surface area contributed by atoms with E-state index in [2.05, 4.69) is 15.7 Å². The van der Waals surface area contributed by atoms with Crippen molar-refractivity contribution < 1.29 is 14.7 Å². The Kier molecular flexibility index (Phi) is 4.79. The number of hydrogen-bond acceptors (Lipinski definition) is 3. The zero-order valence-corrected chi connectivity index (χ0v) is 13.2. The third kappa shape index (κ3) is 3.73. The number of benzene rings is 1. The predicted molar refractivity (Wildman–Crippen MR) is 89.1 cm³/mol. The smallest absolute Gasteiger partial charge is 0.319 e. The van der Waals surface area contributed by atoms with Gasteiger partial charge in [-0.2, -0.15) is 5.10 Å². The van der Waals surface area contributed by atoms with Gasteiger partial charge in [0.25, 0.3) is 0 Å². The minimum Gasteiger partial charge on any atom is -0.481 e. The largest absolute Gasteiger partial charge is 0.481 e. The molecule has 24 heavy (non-hydrogen) atoms. The number of urea groups is 1. The number of aliphatic carboxylic acids is 1. The number of carboxylic acid groups (broad SMARTS) is 1. The number of anilines is 1. The van der Waals surface area contributed by atoms with Crippen molar-refractivity contribution in [3.63, 3.8) is 0 Å². The van der Waals surface area contributed by atoms with Gasteiger partial charge in [0.1, 0.15) is 0 Å². The number of amides is 2. The van der Waals surface area contributed by atoms with Gasteiger partial charge in [0.2, 0.25) is 0 Å². The summed E-state index contributed by atoms with van der Waals surface area (Å²) in [6.07, 6.45) is 6.06. The molecule has 1 heterocycles. The Labute approximate surface area is 139 Å². The molecule has 0 spiro atoms. The molecule has 0 aliphatic heterocycles. The van der Waals surface area contributed by atoms with Crippen LogP contribution in [-0.2, 0) is 4.79 Å². The average Bonchev–Trinajstić information content (AvgIpc) is 3.10. The van der Waals surface area contributed by atoms with Gasteiger partial charge in [-0.1, -0.05) is 12.1 Å². The molecule has 0 radical (unpaired) electrons. The first-order chi connectivity index (χ1) is 11.6. The maximum Gasteiger partial charge on any atom is 0.319 e. The van der Waals surface area contributed by atoms with Crippen LogP contribution in [0.5, 0.6) is 0 Å². The Morgan fingerprint density at radius 1 is 1.12 bits per heavy atom. The molecule has 0 atom stereocenters. The lowest BCUT2D eigenvalue weighted by Crippen LogP contribution is -2.41. The first kappa shape index (κ1) is 16.0. The quantitative estimate of drug-likeness (QED) is 0.804. The lowest BCUT2D eigenvalue weighted by Gasteiger charge is -2.27. The summed E-state index contributed by atoms with van der Waals surface area (Å²) in [4.78, 5) is 23.2. The highest BCUT2D eigenvalue weighted by molar-refractivity contribution is 5.91. The van der Waals surface area contributed by atoms with E-state index in [1.165, 1.54) is 0 Å². The summed E-state index contributed by atoms with van der Waals surface area (Å²) in [6, 6.07) is 8.97. The van der Waals surface area contributed by atoms with Crippen LogP contribution < -0.4 is 10.6 Å². The van der Waals surface area contributed by atoms with E-state index in [4.69, 9.17) is 5.11 Å². The van der Waals surface area contributed by atoms with Gasteiger partial charge in [-0.25, -0.2) is 9.48 Å². The highest BCUT2D eigenvalue weighted by Gasteiger charge is 2.26. The highest BCUT2D eigenvalue weighted by Crippen LogP contribution is 2.25. The van der Waals surface area contributed by atoms with Crippen LogP contribution in [0.4, 0.5) is 10.5 Å². The van der Waals surface area contributed by atoms with Gasteiger partial charge in [0.15, 0.2) is 0 Å². The van der Waals surface area contributed by atoms with E-state index < -0.39 is 5.97 Å². The van der Waals surface area contributed by atoms with Gasteiger partial charge in [0.05, 0.1) is 17.3 Å². The maximum absolute atomic E-state index is 12.2. The molecule has 0 unspecified atom stereocenters. The molecule has 2 amide bonds. The van der Waals surface area contributed by atoms with Crippen LogP contribution >= 0.6 is 0 Å². The average molecular weight is 328 g/mol. The first-order valence-corrected chi connectivity index (χ1v) is 8.03. The number of rotatable bonds is 4. The van der Waals surface area contributed by atoms with Crippen LogP contribution in [0.15, 0.2) is 42.7 Å². The minimum absolute atomic E-state index is 0.0115. The van der Waals surface area contributed by atoms with Crippen molar-refractivity contribution in [2.45, 2.75) is 31.7 Å². The van der Waals surface area contributed by atoms with E-state index in [0.29, 0.717) is 31.4 Å². The van der Waals surface area contributed by atoms with Gasteiger partial charge in [0, 0.05) is 18.4 Å². The molecule has 1 saturated carbocycles. The number of nitrogens with zero attached hydrogens (tertiary/aromatic N) is 2. The normalized spacial score (nSPS) is 20.3. The van der Waals surface area contributed by atoms with Crippen molar-refractivity contribution >= 4 is 17.7 Å². The number of nitrogens with one attached hydrogen (secondary N) is 2. The van der Waals surface area contributed by atoms with Gasteiger partial charge >= 0.3 is 12.0 Å². The van der Waals surface area contributed by atoms with Crippen LogP contribution in [-0.4, -0.2) is 32.9 Å². The topological polar surface area (TPSA) is 96.3 Å². The fourth-order valence-corrected chi connectivity index (χ4v) is 3.02. The second-order valence-corrected chi connectivity index (χ2v) is 5.95. The van der Waals surface area contributed by atoms with Crippen LogP contribution in [0.2, 0.25) is 0 Å². The van der Waals surface area contributed by atoms with Crippen molar-refractivity contribution in [1.29, 1.82) is 0 Å². The minimum atomic E-state index is -0.744. The summed E-state index contributed by atoms with van der Waals surface area (Å²) in [5.74, 6) is -1.03. The summed E-state index contributed by atoms with van der Waals surface area (Å²) < 4.78 is 1.69. The lowest BCUT2D eigenvalue weighted by atomic mass is 9.86. The molecule has 1 aromatic carbocycles. The van der Waals surface area contributed by atoms with Crippen LogP contribution in [0.1, 0.15) is 25.7 Å². The maximum atomic E-state index is 12.2. The van der Waals surface area contributed by atoms with Crippen LogP contribution in [0.25, 0.3) is 5.69 Å². The number of aromatic nitrogens is 2. The zero-order valence-electron chi connectivity index (χ0n) is 13.2. The summed E-state index contributed by atoms with van der Waals surface area (Å²) in [5.41, 5.74) is 1.45. The molecule has 2 aromatic rings. The van der Waals surface area contributed by atoms with E-state index in [1.54, 1.807) is 10.9 Å². The summed E-state index contributed by atoms with van der Waals surface area (Å²) in [6.45, 7) is 0. The number of carbonyl (C=O) groups excluding carboxylic acids is 1. The number of carbonyl (C=O) groups is 2. The summed E-state index contributed by atoms with van der Waals surface area (Å²) >= 11 is 0. The van der Waals surface area contributed by atoms with Crippen LogP contribution in [0.3, 0.4) is 0 Å². The second-order valence-electron chi connectivity index (χ2n) is 5.95. The Morgan fingerprint density at radius 2 is 1.88 bits per heavy atom. The van der Waals surface area contributed by atoms with Gasteiger partial charge in [-0.05, 0) is 43.9 Å². The molecular weight excluding hydrogens is 308 g/mol. The highest BCUT2D eigenvalue weighted by atomic mass is 16.4. The van der Waals surface area contributed by atoms with E-state index in [1.807, 2.05) is 36.5 Å². The molecule has 3 N–H and O–H groups in total. The SMILES string of the molecule is O=C(Nc1ccccc1-n1cccn1)NC1CCC(C(=O)O)CC1. The fourth-order valence-electron chi connectivity index (χ4n) is 3.02. The Balaban J connectivity index is 1.59. The Morgan fingerprint density at radius 3 is 2.54 bits per heavy atom. The number of hydrogen-bond donors (Lipinski definition) is 3. The predicted octanol–water partition coefficient (Wildman–Crippen LogP) is 2.64. The molecule has 7 heteroatoms. The second kappa shape index (κ2) is 7.16. The van der Waals surface area contributed by atoms with Gasteiger partial charge in [-0.3, -0.25) is 4.79 Å². The van der Waals surface area contributed by atoms with Gasteiger partial charge in [-0.15, -0.1) is 0 Å². The summed E-state index contributed by atoms with van der Waals surface area (Å²) in [5, 5.41) is 19.0. The lowest BCUT2D eigenvalue weighted by molar-refractivity contribution is -0.142. The van der Waals surface area contributed by atoms with Gasteiger partial charge < -0.3 is 15.7 Å². The fraction of sp³-hybridized carbons (Fsp3) is 0.353. The first-order valence-electron chi connectivity index (χ1n) is 8.03. The molecule has 1 aliphatic rings. The van der Waals surface area contributed by atoms with Crippen LogP contribution in [0, 0.1) is 5.92 Å². The molecule has 7 nitrogen and oxygen atoms in total. The molecular formula is C17H20N4O3. The van der Waals surface area contributed by atoms with Crippen molar-refractivity contribution in [2.75, 3.05) is 5.32 Å². The Bertz CT molecular complexity index is 706. The van der Waals surface area contributed by atoms with E-state index >= 15 is 0 Å². The van der Waals surface area contributed by atoms with Crippen molar-refractivity contribution in [3.8, 4) is 5.69 Å². The third-order valence-corrected chi connectivity index (χ3v) is 4.32.